The highest BCUT2D eigenvalue weighted by Gasteiger charge is 2.28. The number of thioether (sulfide) groups is 1. The maximum Gasteiger partial charge on any atom is 0.337 e. The zero-order valence-electron chi connectivity index (χ0n) is 28.0. The summed E-state index contributed by atoms with van der Waals surface area (Å²) < 4.78 is 32.7. The molecule has 1 saturated heterocycles. The maximum atomic E-state index is 14.6. The minimum atomic E-state index is -0.645. The van der Waals surface area contributed by atoms with Gasteiger partial charge in [-0.05, 0) is 104 Å². The van der Waals surface area contributed by atoms with Crippen LogP contribution >= 0.6 is 11.8 Å². The van der Waals surface area contributed by atoms with Gasteiger partial charge >= 0.3 is 5.69 Å². The van der Waals surface area contributed by atoms with E-state index >= 15 is 0 Å². The van der Waals surface area contributed by atoms with Crippen molar-refractivity contribution in [2.24, 2.45) is 5.92 Å². The Morgan fingerprint density at radius 2 is 1.73 bits per heavy atom. The average Bonchev–Trinajstić information content (AvgIpc) is 3.54. The van der Waals surface area contributed by atoms with Gasteiger partial charge in [0.2, 0.25) is 0 Å². The van der Waals surface area contributed by atoms with E-state index < -0.39 is 17.1 Å². The highest BCUT2D eigenvalue weighted by atomic mass is 32.2. The van der Waals surface area contributed by atoms with Gasteiger partial charge in [0.05, 0.1) is 23.0 Å². The Bertz CT molecular complexity index is 2360. The molecule has 0 radical (unpaired) electrons. The number of halogens is 2. The summed E-state index contributed by atoms with van der Waals surface area (Å²) in [6.45, 7) is 2.62. The molecular weight excluding hydrogens is 671 g/mol. The van der Waals surface area contributed by atoms with Crippen molar-refractivity contribution in [3.63, 3.8) is 0 Å². The molecule has 1 aliphatic carbocycles. The molecule has 0 atom stereocenters. The Labute approximate surface area is 297 Å². The van der Waals surface area contributed by atoms with Gasteiger partial charge in [-0.3, -0.25) is 14.3 Å². The number of phenols is 1. The first-order valence-corrected chi connectivity index (χ1v) is 18.6. The Morgan fingerprint density at radius 1 is 0.902 bits per heavy atom. The second-order valence-corrected chi connectivity index (χ2v) is 14.9. The Hall–Kier alpha value is -4.81. The monoisotopic (exact) mass is 708 g/mol. The number of imidazole rings is 1. The van der Waals surface area contributed by atoms with Gasteiger partial charge in [-0.25, -0.2) is 28.1 Å². The van der Waals surface area contributed by atoms with Crippen molar-refractivity contribution >= 4 is 28.4 Å². The molecule has 8 rings (SSSR count). The lowest BCUT2D eigenvalue weighted by molar-refractivity contribution is 0.255. The van der Waals surface area contributed by atoms with E-state index in [1.807, 2.05) is 42.2 Å². The molecule has 0 spiro atoms. The number of pyridine rings is 2. The van der Waals surface area contributed by atoms with Crippen molar-refractivity contribution < 1.29 is 13.9 Å². The summed E-state index contributed by atoms with van der Waals surface area (Å²) in [5.41, 5.74) is 3.97. The number of aromatic nitrogens is 5. The third kappa shape index (κ3) is 6.82. The molecule has 1 N–H and O–H groups in total. The number of hydrogen-bond acceptors (Lipinski definition) is 7. The van der Waals surface area contributed by atoms with Crippen LogP contribution in [-0.2, 0) is 13.0 Å². The summed E-state index contributed by atoms with van der Waals surface area (Å²) in [6.07, 6.45) is 8.89. The van der Waals surface area contributed by atoms with Crippen LogP contribution in [0.15, 0.2) is 88.8 Å². The van der Waals surface area contributed by atoms with E-state index in [2.05, 4.69) is 14.9 Å². The summed E-state index contributed by atoms with van der Waals surface area (Å²) in [6, 6.07) is 16.8. The normalized spacial score (nSPS) is 18.5. The topological polar surface area (TPSA) is 97.7 Å². The van der Waals surface area contributed by atoms with Crippen molar-refractivity contribution in [3.8, 4) is 22.6 Å². The molecule has 12 heteroatoms. The lowest BCUT2D eigenvalue weighted by Gasteiger charge is -2.30. The molecule has 4 aromatic heterocycles. The van der Waals surface area contributed by atoms with E-state index in [4.69, 9.17) is 0 Å². The van der Waals surface area contributed by atoms with E-state index in [-0.39, 0.29) is 28.6 Å². The van der Waals surface area contributed by atoms with Gasteiger partial charge in [0.1, 0.15) is 23.0 Å². The minimum absolute atomic E-state index is 0.0544. The number of benzene rings is 2. The molecular formula is C39H38F2N6O3S. The average molecular weight is 709 g/mol. The standard InChI is InChI=1S/C39H38F2N6O3S/c40-28-7-13-36-43-30(24-45(36)23-28)8-4-25-5-9-31(10-6-25)47-38(49)35-20-29(41)21-42-37(35)46(39(47)50)32-3-1-2-26(18-32)34-12-11-33(48)19-27(34)22-44-14-16-51-17-15-44/h1-3,7,11-13,18-21,23-25,31,48H,4-6,8-10,14-17,22H2. The maximum absolute atomic E-state index is 14.6. The van der Waals surface area contributed by atoms with Gasteiger partial charge < -0.3 is 9.51 Å². The molecule has 2 aromatic carbocycles. The fourth-order valence-electron chi connectivity index (χ4n) is 7.72. The van der Waals surface area contributed by atoms with Crippen molar-refractivity contribution in [3.05, 3.63) is 123 Å². The lowest BCUT2D eigenvalue weighted by atomic mass is 9.83. The summed E-state index contributed by atoms with van der Waals surface area (Å²) in [5, 5.41) is 10.4. The third-order valence-corrected chi connectivity index (χ3v) is 11.3. The molecule has 2 aliphatic rings. The first-order valence-electron chi connectivity index (χ1n) is 17.5. The first-order chi connectivity index (χ1) is 24.8. The van der Waals surface area contributed by atoms with Crippen molar-refractivity contribution in [2.45, 2.75) is 51.1 Å². The number of fused-ring (bicyclic) bond motifs is 2. The number of hydrogen-bond donors (Lipinski definition) is 1. The van der Waals surface area contributed by atoms with Crippen LogP contribution in [0.3, 0.4) is 0 Å². The Morgan fingerprint density at radius 3 is 2.55 bits per heavy atom. The molecule has 5 heterocycles. The number of aromatic hydroxyl groups is 1. The van der Waals surface area contributed by atoms with Crippen molar-refractivity contribution in [2.75, 3.05) is 24.6 Å². The van der Waals surface area contributed by atoms with Crippen LogP contribution in [0.5, 0.6) is 5.75 Å². The summed E-state index contributed by atoms with van der Waals surface area (Å²) in [4.78, 5) is 39.6. The number of rotatable bonds is 8. The SMILES string of the molecule is O=c1c2cc(F)cnc2n(-c2cccc(-c3ccc(O)cc3CN3CCSCC3)c2)c(=O)n1C1CCC(CCc2cn3cc(F)ccc3n2)CC1. The quantitative estimate of drug-likeness (QED) is 0.187. The molecule has 0 amide bonds. The smallest absolute Gasteiger partial charge is 0.337 e. The highest BCUT2D eigenvalue weighted by Crippen LogP contribution is 2.34. The Kier molecular flexibility index (Phi) is 9.20. The zero-order chi connectivity index (χ0) is 35.1. The third-order valence-electron chi connectivity index (χ3n) is 10.3. The molecule has 9 nitrogen and oxygen atoms in total. The molecule has 6 aromatic rings. The van der Waals surface area contributed by atoms with E-state index in [9.17, 15) is 23.5 Å². The molecule has 0 bridgehead atoms. The van der Waals surface area contributed by atoms with Gasteiger partial charge in [0.25, 0.3) is 5.56 Å². The van der Waals surface area contributed by atoms with Crippen LogP contribution in [0.4, 0.5) is 8.78 Å². The van der Waals surface area contributed by atoms with Crippen LogP contribution in [0.1, 0.15) is 49.4 Å². The predicted octanol–water partition coefficient (Wildman–Crippen LogP) is 6.76. The fourth-order valence-corrected chi connectivity index (χ4v) is 8.70. The summed E-state index contributed by atoms with van der Waals surface area (Å²) >= 11 is 1.94. The van der Waals surface area contributed by atoms with Crippen molar-refractivity contribution in [1.82, 2.24) is 28.4 Å². The van der Waals surface area contributed by atoms with Crippen LogP contribution in [0.2, 0.25) is 0 Å². The van der Waals surface area contributed by atoms with Gasteiger partial charge in [0.15, 0.2) is 5.65 Å². The van der Waals surface area contributed by atoms with Gasteiger partial charge in [-0.15, -0.1) is 0 Å². The molecule has 1 saturated carbocycles. The van der Waals surface area contributed by atoms with E-state index in [1.165, 1.54) is 27.5 Å². The van der Waals surface area contributed by atoms with Crippen LogP contribution in [0, 0.1) is 17.6 Å². The molecule has 1 aliphatic heterocycles. The second-order valence-electron chi connectivity index (χ2n) is 13.7. The molecule has 51 heavy (non-hydrogen) atoms. The lowest BCUT2D eigenvalue weighted by Crippen LogP contribution is -2.43. The fraction of sp³-hybridized carbons (Fsp3) is 0.333. The van der Waals surface area contributed by atoms with Gasteiger partial charge in [0, 0.05) is 49.6 Å². The van der Waals surface area contributed by atoms with Gasteiger partial charge in [-0.2, -0.15) is 11.8 Å². The molecule has 0 unspecified atom stereocenters. The summed E-state index contributed by atoms with van der Waals surface area (Å²) in [7, 11) is 0. The van der Waals surface area contributed by atoms with Gasteiger partial charge in [-0.1, -0.05) is 18.2 Å². The highest BCUT2D eigenvalue weighted by molar-refractivity contribution is 7.99. The molecule has 2 fully saturated rings. The van der Waals surface area contributed by atoms with E-state index in [0.29, 0.717) is 36.6 Å². The number of aryl methyl sites for hydroxylation is 1. The van der Waals surface area contributed by atoms with Crippen LogP contribution in [-0.4, -0.2) is 58.1 Å². The second kappa shape index (κ2) is 14.1. The van der Waals surface area contributed by atoms with E-state index in [1.54, 1.807) is 28.7 Å². The van der Waals surface area contributed by atoms with Crippen LogP contribution in [0.25, 0.3) is 33.5 Å². The summed E-state index contributed by atoms with van der Waals surface area (Å²) in [5.74, 6) is 1.76. The van der Waals surface area contributed by atoms with E-state index in [0.717, 1.165) is 78.9 Å². The first kappa shape index (κ1) is 33.3. The zero-order valence-corrected chi connectivity index (χ0v) is 28.9. The number of phenolic OH excluding ortho intramolecular Hbond substituents is 1. The Balaban J connectivity index is 1.09. The minimum Gasteiger partial charge on any atom is -0.508 e. The predicted molar refractivity (Wildman–Crippen MR) is 196 cm³/mol. The largest absolute Gasteiger partial charge is 0.508 e. The van der Waals surface area contributed by atoms with Crippen LogP contribution < -0.4 is 11.2 Å². The number of nitrogens with zero attached hydrogens (tertiary/aromatic N) is 6. The molecule has 262 valence electrons. The van der Waals surface area contributed by atoms with Crippen molar-refractivity contribution in [1.29, 1.82) is 0 Å².